The standard InChI is InChI=1S/C8H18N2O/c1-2-10-6-8-11-7-4-3-5-9/h3,5,10H,2,4,6-9H2,1H3/b5-3-. The van der Waals surface area contributed by atoms with E-state index in [9.17, 15) is 0 Å². The first-order valence-electron chi connectivity index (χ1n) is 4.07. The van der Waals surface area contributed by atoms with Crippen molar-refractivity contribution in [3.63, 3.8) is 0 Å². The number of ether oxygens (including phenoxy) is 1. The maximum Gasteiger partial charge on any atom is 0.0591 e. The van der Waals surface area contributed by atoms with Crippen molar-refractivity contribution in [3.05, 3.63) is 12.3 Å². The lowest BCUT2D eigenvalue weighted by Gasteiger charge is -2.01. The highest BCUT2D eigenvalue weighted by molar-refractivity contribution is 4.74. The molecule has 3 heteroatoms. The third kappa shape index (κ3) is 9.46. The molecular formula is C8H18N2O. The summed E-state index contributed by atoms with van der Waals surface area (Å²) in [7, 11) is 0. The number of nitrogens with one attached hydrogen (secondary N) is 1. The van der Waals surface area contributed by atoms with Gasteiger partial charge in [0.05, 0.1) is 13.2 Å². The molecule has 0 aromatic heterocycles. The number of nitrogens with two attached hydrogens (primary N) is 1. The van der Waals surface area contributed by atoms with Crippen LogP contribution in [0.25, 0.3) is 0 Å². The van der Waals surface area contributed by atoms with Gasteiger partial charge in [-0.3, -0.25) is 0 Å². The van der Waals surface area contributed by atoms with E-state index < -0.39 is 0 Å². The smallest absolute Gasteiger partial charge is 0.0591 e. The van der Waals surface area contributed by atoms with Crippen molar-refractivity contribution in [1.82, 2.24) is 5.32 Å². The molecule has 0 unspecified atom stereocenters. The Morgan fingerprint density at radius 3 is 2.91 bits per heavy atom. The largest absolute Gasteiger partial charge is 0.405 e. The summed E-state index contributed by atoms with van der Waals surface area (Å²) in [5.74, 6) is 0. The van der Waals surface area contributed by atoms with Gasteiger partial charge in [-0.05, 0) is 19.2 Å². The lowest BCUT2D eigenvalue weighted by atomic mass is 10.4. The Balaban J connectivity index is 2.79. The number of hydrogen-bond donors (Lipinski definition) is 2. The van der Waals surface area contributed by atoms with Gasteiger partial charge in [-0.25, -0.2) is 0 Å². The van der Waals surface area contributed by atoms with E-state index >= 15 is 0 Å². The number of likely N-dealkylation sites (N-methyl/N-ethyl adjacent to an activating group) is 1. The van der Waals surface area contributed by atoms with Crippen LogP contribution >= 0.6 is 0 Å². The molecule has 0 aromatic rings. The summed E-state index contributed by atoms with van der Waals surface area (Å²) in [6.45, 7) is 5.57. The van der Waals surface area contributed by atoms with Crippen LogP contribution in [-0.2, 0) is 4.74 Å². The Hall–Kier alpha value is -0.540. The summed E-state index contributed by atoms with van der Waals surface area (Å²) in [6.07, 6.45) is 4.35. The first-order chi connectivity index (χ1) is 5.41. The van der Waals surface area contributed by atoms with Crippen molar-refractivity contribution in [2.45, 2.75) is 13.3 Å². The first kappa shape index (κ1) is 10.5. The molecule has 0 saturated carbocycles. The summed E-state index contributed by atoms with van der Waals surface area (Å²) in [6, 6.07) is 0. The molecule has 66 valence electrons. The zero-order valence-corrected chi connectivity index (χ0v) is 7.18. The molecule has 0 aliphatic rings. The second-order valence-electron chi connectivity index (χ2n) is 2.18. The van der Waals surface area contributed by atoms with E-state index in [-0.39, 0.29) is 0 Å². The average molecular weight is 158 g/mol. The van der Waals surface area contributed by atoms with Crippen LogP contribution in [0.3, 0.4) is 0 Å². The maximum absolute atomic E-state index is 5.27. The van der Waals surface area contributed by atoms with Crippen LogP contribution in [0.5, 0.6) is 0 Å². The van der Waals surface area contributed by atoms with Gasteiger partial charge in [-0.2, -0.15) is 0 Å². The van der Waals surface area contributed by atoms with E-state index in [0.29, 0.717) is 0 Å². The first-order valence-corrected chi connectivity index (χ1v) is 4.07. The minimum atomic E-state index is 0.763. The van der Waals surface area contributed by atoms with Gasteiger partial charge >= 0.3 is 0 Å². The van der Waals surface area contributed by atoms with E-state index in [1.807, 2.05) is 6.08 Å². The molecule has 0 fully saturated rings. The lowest BCUT2D eigenvalue weighted by molar-refractivity contribution is 0.141. The molecule has 0 atom stereocenters. The molecule has 0 aliphatic heterocycles. The van der Waals surface area contributed by atoms with E-state index in [4.69, 9.17) is 10.5 Å². The van der Waals surface area contributed by atoms with Crippen molar-refractivity contribution in [2.24, 2.45) is 5.73 Å². The number of hydrogen-bond acceptors (Lipinski definition) is 3. The predicted octanol–water partition coefficient (Wildman–Crippen LogP) is 0.475. The Kier molecular flexibility index (Phi) is 9.00. The third-order valence-corrected chi connectivity index (χ3v) is 1.24. The topological polar surface area (TPSA) is 47.3 Å². The molecule has 0 saturated heterocycles. The highest BCUT2D eigenvalue weighted by Crippen LogP contribution is 1.82. The minimum Gasteiger partial charge on any atom is -0.405 e. The molecule has 0 amide bonds. The van der Waals surface area contributed by atoms with E-state index in [2.05, 4.69) is 12.2 Å². The van der Waals surface area contributed by atoms with E-state index in [0.717, 1.165) is 32.7 Å². The monoisotopic (exact) mass is 158 g/mol. The second-order valence-corrected chi connectivity index (χ2v) is 2.18. The van der Waals surface area contributed by atoms with Crippen LogP contribution in [0.2, 0.25) is 0 Å². The lowest BCUT2D eigenvalue weighted by Crippen LogP contribution is -2.19. The molecule has 0 heterocycles. The molecule has 3 nitrogen and oxygen atoms in total. The molecular weight excluding hydrogens is 140 g/mol. The van der Waals surface area contributed by atoms with Crippen molar-refractivity contribution < 1.29 is 4.74 Å². The van der Waals surface area contributed by atoms with Gasteiger partial charge in [0.15, 0.2) is 0 Å². The van der Waals surface area contributed by atoms with Gasteiger partial charge < -0.3 is 15.8 Å². The molecule has 0 rings (SSSR count). The summed E-state index contributed by atoms with van der Waals surface area (Å²) in [4.78, 5) is 0. The van der Waals surface area contributed by atoms with E-state index in [1.165, 1.54) is 0 Å². The molecule has 0 aliphatic carbocycles. The maximum atomic E-state index is 5.27. The normalized spacial score (nSPS) is 11.0. The Bertz CT molecular complexity index is 94.1. The van der Waals surface area contributed by atoms with Gasteiger partial charge in [-0.1, -0.05) is 13.0 Å². The SMILES string of the molecule is CCNCCOCC/C=C\N. The molecule has 3 N–H and O–H groups in total. The van der Waals surface area contributed by atoms with Crippen LogP contribution in [0.4, 0.5) is 0 Å². The van der Waals surface area contributed by atoms with Crippen LogP contribution in [0, 0.1) is 0 Å². The van der Waals surface area contributed by atoms with Crippen LogP contribution in [0.1, 0.15) is 13.3 Å². The summed E-state index contributed by atoms with van der Waals surface area (Å²) >= 11 is 0. The fourth-order valence-electron chi connectivity index (χ4n) is 0.671. The summed E-state index contributed by atoms with van der Waals surface area (Å²) < 4.78 is 5.27. The highest BCUT2D eigenvalue weighted by Gasteiger charge is 1.84. The molecule has 11 heavy (non-hydrogen) atoms. The van der Waals surface area contributed by atoms with Gasteiger partial charge in [0.1, 0.15) is 0 Å². The van der Waals surface area contributed by atoms with Crippen molar-refractivity contribution in [2.75, 3.05) is 26.3 Å². The fraction of sp³-hybridized carbons (Fsp3) is 0.750. The molecule has 0 aromatic carbocycles. The molecule has 0 radical (unpaired) electrons. The van der Waals surface area contributed by atoms with Crippen LogP contribution < -0.4 is 11.1 Å². The molecule has 0 bridgehead atoms. The van der Waals surface area contributed by atoms with Crippen LogP contribution in [-0.4, -0.2) is 26.3 Å². The minimum absolute atomic E-state index is 0.763. The summed E-state index contributed by atoms with van der Waals surface area (Å²) in [5.41, 5.74) is 5.14. The third-order valence-electron chi connectivity index (χ3n) is 1.24. The zero-order valence-electron chi connectivity index (χ0n) is 7.18. The Morgan fingerprint density at radius 2 is 2.27 bits per heavy atom. The second kappa shape index (κ2) is 9.46. The Morgan fingerprint density at radius 1 is 1.45 bits per heavy atom. The fourth-order valence-corrected chi connectivity index (χ4v) is 0.671. The number of rotatable bonds is 7. The van der Waals surface area contributed by atoms with Gasteiger partial charge in [0.25, 0.3) is 0 Å². The van der Waals surface area contributed by atoms with Crippen molar-refractivity contribution >= 4 is 0 Å². The van der Waals surface area contributed by atoms with Gasteiger partial charge in [0.2, 0.25) is 0 Å². The van der Waals surface area contributed by atoms with Crippen molar-refractivity contribution in [3.8, 4) is 0 Å². The van der Waals surface area contributed by atoms with Gasteiger partial charge in [-0.15, -0.1) is 0 Å². The highest BCUT2D eigenvalue weighted by atomic mass is 16.5. The van der Waals surface area contributed by atoms with Crippen molar-refractivity contribution in [1.29, 1.82) is 0 Å². The zero-order chi connectivity index (χ0) is 8.36. The van der Waals surface area contributed by atoms with Crippen LogP contribution in [0.15, 0.2) is 12.3 Å². The Labute approximate surface area is 68.6 Å². The summed E-state index contributed by atoms with van der Waals surface area (Å²) in [5, 5.41) is 3.17. The van der Waals surface area contributed by atoms with Gasteiger partial charge in [0, 0.05) is 6.54 Å². The molecule has 0 spiro atoms. The predicted molar refractivity (Wildman–Crippen MR) is 47.3 cm³/mol. The van der Waals surface area contributed by atoms with E-state index in [1.54, 1.807) is 6.20 Å². The average Bonchev–Trinajstić information content (AvgIpc) is 2.03. The quantitative estimate of drug-likeness (QED) is 0.530.